The summed E-state index contributed by atoms with van der Waals surface area (Å²) in [5.74, 6) is -0.313. The average molecular weight is 358 g/mol. The molecule has 0 atom stereocenters. The summed E-state index contributed by atoms with van der Waals surface area (Å²) in [6, 6.07) is 5.03. The lowest BCUT2D eigenvalue weighted by atomic mass is 10.1. The molecule has 0 aliphatic carbocycles. The normalized spacial score (nSPS) is 11.4. The van der Waals surface area contributed by atoms with Crippen molar-refractivity contribution in [3.8, 4) is 11.5 Å². The predicted molar refractivity (Wildman–Crippen MR) is 91.9 cm³/mol. The second-order valence-corrected chi connectivity index (χ2v) is 6.40. The highest BCUT2D eigenvalue weighted by molar-refractivity contribution is 5.97. The number of nitrogens with zero attached hydrogens (tertiary/aromatic N) is 3. The smallest absolute Gasteiger partial charge is 0.413 e. The van der Waals surface area contributed by atoms with Gasteiger partial charge >= 0.3 is 12.1 Å². The number of fused-ring (bicyclic) bond motifs is 1. The monoisotopic (exact) mass is 358 g/mol. The third-order valence-corrected chi connectivity index (χ3v) is 3.29. The van der Waals surface area contributed by atoms with E-state index in [1.807, 2.05) is 0 Å². The van der Waals surface area contributed by atoms with Crippen molar-refractivity contribution in [3.63, 3.8) is 0 Å². The molecule has 9 heteroatoms. The standard InChI is InChI=1S/C17H18N4O5/c1-17(2,3)26-14(22)10-7-9-25-13(10)12-11-6-5-8-21(11)20-15(18-12)19-16(23)24-4/h5-9H,1-4H3,(H,19,20,23). The van der Waals surface area contributed by atoms with E-state index in [-0.39, 0.29) is 17.3 Å². The molecule has 0 saturated heterocycles. The van der Waals surface area contributed by atoms with Crippen LogP contribution in [0.5, 0.6) is 0 Å². The molecule has 0 unspecified atom stereocenters. The van der Waals surface area contributed by atoms with Crippen molar-refractivity contribution in [2.45, 2.75) is 26.4 Å². The van der Waals surface area contributed by atoms with E-state index in [1.165, 1.54) is 24.0 Å². The number of rotatable bonds is 3. The van der Waals surface area contributed by atoms with Crippen molar-refractivity contribution in [1.29, 1.82) is 0 Å². The van der Waals surface area contributed by atoms with Gasteiger partial charge in [0, 0.05) is 6.20 Å². The first-order chi connectivity index (χ1) is 12.3. The predicted octanol–water partition coefficient (Wildman–Crippen LogP) is 3.12. The van der Waals surface area contributed by atoms with E-state index in [1.54, 1.807) is 39.1 Å². The third kappa shape index (κ3) is 3.51. The molecule has 0 fully saturated rings. The van der Waals surface area contributed by atoms with Gasteiger partial charge in [-0.3, -0.25) is 5.32 Å². The summed E-state index contributed by atoms with van der Waals surface area (Å²) in [7, 11) is 1.23. The Balaban J connectivity index is 2.08. The second kappa shape index (κ2) is 6.51. The second-order valence-electron chi connectivity index (χ2n) is 6.40. The Bertz CT molecular complexity index is 967. The Morgan fingerprint density at radius 3 is 2.73 bits per heavy atom. The third-order valence-electron chi connectivity index (χ3n) is 3.29. The van der Waals surface area contributed by atoms with Gasteiger partial charge in [0.25, 0.3) is 5.95 Å². The number of carbonyl (C=O) groups excluding carboxylic acids is 2. The first-order valence-electron chi connectivity index (χ1n) is 7.80. The van der Waals surface area contributed by atoms with Gasteiger partial charge in [-0.05, 0) is 39.0 Å². The number of aromatic nitrogens is 3. The number of methoxy groups -OCH3 is 1. The lowest BCUT2D eigenvalue weighted by molar-refractivity contribution is 0.00699. The van der Waals surface area contributed by atoms with Gasteiger partial charge in [0.05, 0.1) is 18.9 Å². The van der Waals surface area contributed by atoms with E-state index in [4.69, 9.17) is 9.15 Å². The van der Waals surface area contributed by atoms with Gasteiger partial charge in [-0.15, -0.1) is 5.10 Å². The van der Waals surface area contributed by atoms with Gasteiger partial charge in [0.1, 0.15) is 16.9 Å². The maximum atomic E-state index is 12.5. The fourth-order valence-electron chi connectivity index (χ4n) is 2.28. The van der Waals surface area contributed by atoms with Crippen LogP contribution in [0.1, 0.15) is 31.1 Å². The molecule has 0 spiro atoms. The molecular weight excluding hydrogens is 340 g/mol. The van der Waals surface area contributed by atoms with Gasteiger partial charge in [0.2, 0.25) is 0 Å². The van der Waals surface area contributed by atoms with E-state index in [0.717, 1.165) is 0 Å². The summed E-state index contributed by atoms with van der Waals surface area (Å²) in [6.07, 6.45) is 2.34. The van der Waals surface area contributed by atoms with Crippen LogP contribution in [-0.4, -0.2) is 39.4 Å². The Kier molecular flexibility index (Phi) is 4.37. The fourth-order valence-corrected chi connectivity index (χ4v) is 2.28. The van der Waals surface area contributed by atoms with E-state index < -0.39 is 17.7 Å². The molecule has 3 heterocycles. The van der Waals surface area contributed by atoms with Crippen molar-refractivity contribution < 1.29 is 23.5 Å². The molecule has 0 bridgehead atoms. The SMILES string of the molecule is COC(=O)Nc1nc(-c2occc2C(=O)OC(C)(C)C)c2cccn2n1. The number of hydrogen-bond acceptors (Lipinski definition) is 7. The highest BCUT2D eigenvalue weighted by Crippen LogP contribution is 2.29. The first kappa shape index (κ1) is 17.5. The minimum atomic E-state index is -0.714. The summed E-state index contributed by atoms with van der Waals surface area (Å²) in [5.41, 5.74) is 0.507. The zero-order chi connectivity index (χ0) is 18.9. The molecule has 1 amide bonds. The quantitative estimate of drug-likeness (QED) is 0.717. The largest absolute Gasteiger partial charge is 0.462 e. The van der Waals surface area contributed by atoms with Crippen molar-refractivity contribution in [1.82, 2.24) is 14.6 Å². The van der Waals surface area contributed by atoms with Crippen LogP contribution < -0.4 is 5.32 Å². The number of amides is 1. The van der Waals surface area contributed by atoms with Crippen LogP contribution in [0.3, 0.4) is 0 Å². The topological polar surface area (TPSA) is 108 Å². The molecule has 0 aromatic carbocycles. The number of nitrogens with one attached hydrogen (secondary N) is 1. The Morgan fingerprint density at radius 1 is 1.27 bits per heavy atom. The molecule has 0 aliphatic heterocycles. The maximum Gasteiger partial charge on any atom is 0.413 e. The Morgan fingerprint density at radius 2 is 2.04 bits per heavy atom. The zero-order valence-electron chi connectivity index (χ0n) is 14.8. The first-order valence-corrected chi connectivity index (χ1v) is 7.80. The van der Waals surface area contributed by atoms with Crippen molar-refractivity contribution in [2.24, 2.45) is 0 Å². The molecule has 26 heavy (non-hydrogen) atoms. The number of esters is 1. The van der Waals surface area contributed by atoms with Gasteiger partial charge in [-0.25, -0.2) is 19.1 Å². The molecule has 3 aromatic rings. The van der Waals surface area contributed by atoms with Gasteiger partial charge in [0.15, 0.2) is 5.76 Å². The van der Waals surface area contributed by atoms with Gasteiger partial charge in [-0.2, -0.15) is 0 Å². The Labute approximate surface area is 148 Å². The highest BCUT2D eigenvalue weighted by atomic mass is 16.6. The van der Waals surface area contributed by atoms with E-state index in [2.05, 4.69) is 20.1 Å². The average Bonchev–Trinajstić information content (AvgIpc) is 3.21. The summed E-state index contributed by atoms with van der Waals surface area (Å²) >= 11 is 0. The van der Waals surface area contributed by atoms with Crippen LogP contribution in [-0.2, 0) is 9.47 Å². The minimum Gasteiger partial charge on any atom is -0.462 e. The maximum absolute atomic E-state index is 12.5. The van der Waals surface area contributed by atoms with Crippen LogP contribution in [0.15, 0.2) is 35.1 Å². The number of ether oxygens (including phenoxy) is 2. The van der Waals surface area contributed by atoms with Crippen LogP contribution in [0.4, 0.5) is 10.7 Å². The summed E-state index contributed by atoms with van der Waals surface area (Å²) < 4.78 is 17.0. The summed E-state index contributed by atoms with van der Waals surface area (Å²) in [4.78, 5) is 28.2. The van der Waals surface area contributed by atoms with Crippen molar-refractivity contribution in [3.05, 3.63) is 36.2 Å². The molecule has 3 aromatic heterocycles. The van der Waals surface area contributed by atoms with E-state index >= 15 is 0 Å². The van der Waals surface area contributed by atoms with Gasteiger partial charge < -0.3 is 13.9 Å². The molecule has 0 aliphatic rings. The molecule has 0 radical (unpaired) electrons. The molecular formula is C17H18N4O5. The van der Waals surface area contributed by atoms with Crippen molar-refractivity contribution >= 4 is 23.5 Å². The Hall–Kier alpha value is -3.36. The van der Waals surface area contributed by atoms with Crippen LogP contribution in [0, 0.1) is 0 Å². The van der Waals surface area contributed by atoms with E-state index in [9.17, 15) is 9.59 Å². The summed E-state index contributed by atoms with van der Waals surface area (Å²) in [5, 5.41) is 6.56. The molecule has 9 nitrogen and oxygen atoms in total. The number of furan rings is 1. The van der Waals surface area contributed by atoms with Crippen LogP contribution >= 0.6 is 0 Å². The number of carbonyl (C=O) groups is 2. The number of hydrogen-bond donors (Lipinski definition) is 1. The lowest BCUT2D eigenvalue weighted by Crippen LogP contribution is -2.24. The fraction of sp³-hybridized carbons (Fsp3) is 0.294. The van der Waals surface area contributed by atoms with Gasteiger partial charge in [-0.1, -0.05) is 0 Å². The molecule has 0 saturated carbocycles. The lowest BCUT2D eigenvalue weighted by Gasteiger charge is -2.19. The molecule has 1 N–H and O–H groups in total. The van der Waals surface area contributed by atoms with Crippen LogP contribution in [0.25, 0.3) is 17.0 Å². The number of anilines is 1. The zero-order valence-corrected chi connectivity index (χ0v) is 14.8. The molecule has 3 rings (SSSR count). The van der Waals surface area contributed by atoms with Crippen LogP contribution in [0.2, 0.25) is 0 Å². The highest BCUT2D eigenvalue weighted by Gasteiger charge is 2.25. The molecule has 136 valence electrons. The summed E-state index contributed by atoms with van der Waals surface area (Å²) in [6.45, 7) is 5.33. The van der Waals surface area contributed by atoms with Crippen molar-refractivity contribution in [2.75, 3.05) is 12.4 Å². The minimum absolute atomic E-state index is 0.00193. The van der Waals surface area contributed by atoms with E-state index in [0.29, 0.717) is 11.2 Å².